The summed E-state index contributed by atoms with van der Waals surface area (Å²) < 4.78 is 0. The number of ketones is 1. The molecule has 0 fully saturated rings. The first-order chi connectivity index (χ1) is 10.3. The van der Waals surface area contributed by atoms with E-state index in [1.165, 1.54) is 0 Å². The van der Waals surface area contributed by atoms with Crippen LogP contribution in [0.2, 0.25) is 0 Å². The Bertz CT molecular complexity index is 765. The van der Waals surface area contributed by atoms with E-state index in [1.54, 1.807) is 30.5 Å². The fourth-order valence-electron chi connectivity index (χ4n) is 2.19. The zero-order valence-electron chi connectivity index (χ0n) is 11.4. The van der Waals surface area contributed by atoms with Crippen LogP contribution < -0.4 is 5.73 Å². The number of nitrogens with two attached hydrogens (primary N) is 1. The minimum atomic E-state index is -0.160. The molecule has 3 rings (SSSR count). The molecule has 3 heteroatoms. The molecule has 2 aromatic carbocycles. The van der Waals surface area contributed by atoms with Crippen molar-refractivity contribution in [3.05, 3.63) is 84.2 Å². The van der Waals surface area contributed by atoms with Crippen LogP contribution >= 0.6 is 0 Å². The Balaban J connectivity index is 1.91. The maximum atomic E-state index is 12.4. The lowest BCUT2D eigenvalue weighted by Gasteiger charge is -2.05. The number of pyridine rings is 1. The Kier molecular flexibility index (Phi) is 3.48. The Morgan fingerprint density at radius 1 is 0.810 bits per heavy atom. The summed E-state index contributed by atoms with van der Waals surface area (Å²) in [5, 5.41) is 0. The third-order valence-electron chi connectivity index (χ3n) is 3.31. The number of rotatable bonds is 3. The first-order valence-electron chi connectivity index (χ1n) is 6.66. The highest BCUT2D eigenvalue weighted by molar-refractivity contribution is 6.10. The number of anilines is 1. The van der Waals surface area contributed by atoms with E-state index < -0.39 is 0 Å². The molecule has 3 aromatic rings. The molecule has 1 aromatic heterocycles. The number of nitrogen functional groups attached to an aromatic ring is 1. The van der Waals surface area contributed by atoms with Crippen molar-refractivity contribution in [1.29, 1.82) is 0 Å². The van der Waals surface area contributed by atoms with Crippen molar-refractivity contribution in [3.63, 3.8) is 0 Å². The largest absolute Gasteiger partial charge is 0.397 e. The standard InChI is InChI=1S/C18H14N2O/c19-16-7-4-12-20-17(16)18(21)15-10-8-14(9-11-15)13-5-2-1-3-6-13/h1-12H,19H2. The van der Waals surface area contributed by atoms with Gasteiger partial charge < -0.3 is 5.73 Å². The summed E-state index contributed by atoms with van der Waals surface area (Å²) in [5.74, 6) is -0.160. The minimum Gasteiger partial charge on any atom is -0.397 e. The lowest BCUT2D eigenvalue weighted by atomic mass is 10.0. The third kappa shape index (κ3) is 2.67. The van der Waals surface area contributed by atoms with E-state index in [-0.39, 0.29) is 5.78 Å². The zero-order valence-corrected chi connectivity index (χ0v) is 11.4. The second kappa shape index (κ2) is 5.59. The van der Waals surface area contributed by atoms with Gasteiger partial charge in [0, 0.05) is 11.8 Å². The second-order valence-electron chi connectivity index (χ2n) is 4.71. The molecule has 0 unspecified atom stereocenters. The molecule has 0 saturated carbocycles. The van der Waals surface area contributed by atoms with E-state index in [4.69, 9.17) is 5.73 Å². The predicted octanol–water partition coefficient (Wildman–Crippen LogP) is 3.56. The number of hydrogen-bond donors (Lipinski definition) is 1. The summed E-state index contributed by atoms with van der Waals surface area (Å²) in [6.45, 7) is 0. The summed E-state index contributed by atoms with van der Waals surface area (Å²) in [6.07, 6.45) is 1.57. The van der Waals surface area contributed by atoms with Gasteiger partial charge in [-0.3, -0.25) is 9.78 Å². The highest BCUT2D eigenvalue weighted by atomic mass is 16.1. The lowest BCUT2D eigenvalue weighted by Crippen LogP contribution is -2.07. The van der Waals surface area contributed by atoms with Crippen molar-refractivity contribution in [2.24, 2.45) is 0 Å². The highest BCUT2D eigenvalue weighted by Crippen LogP contribution is 2.21. The quantitative estimate of drug-likeness (QED) is 0.743. The van der Waals surface area contributed by atoms with Crippen LogP contribution in [-0.4, -0.2) is 10.8 Å². The maximum Gasteiger partial charge on any atom is 0.213 e. The van der Waals surface area contributed by atoms with E-state index in [0.29, 0.717) is 16.9 Å². The number of hydrogen-bond acceptors (Lipinski definition) is 3. The average Bonchev–Trinajstić information content (AvgIpc) is 2.56. The van der Waals surface area contributed by atoms with Crippen LogP contribution in [0.5, 0.6) is 0 Å². The van der Waals surface area contributed by atoms with Crippen molar-refractivity contribution in [2.75, 3.05) is 5.73 Å². The Morgan fingerprint density at radius 3 is 2.14 bits per heavy atom. The van der Waals surface area contributed by atoms with Crippen LogP contribution in [0.25, 0.3) is 11.1 Å². The molecule has 0 aliphatic heterocycles. The van der Waals surface area contributed by atoms with Gasteiger partial charge in [0.15, 0.2) is 0 Å². The van der Waals surface area contributed by atoms with Gasteiger partial charge in [0.25, 0.3) is 0 Å². The molecule has 0 spiro atoms. The molecule has 0 amide bonds. The maximum absolute atomic E-state index is 12.4. The minimum absolute atomic E-state index is 0.160. The molecule has 0 atom stereocenters. The van der Waals surface area contributed by atoms with E-state index in [0.717, 1.165) is 11.1 Å². The molecule has 0 radical (unpaired) electrons. The van der Waals surface area contributed by atoms with Crippen molar-refractivity contribution in [2.45, 2.75) is 0 Å². The van der Waals surface area contributed by atoms with Crippen LogP contribution in [0.4, 0.5) is 5.69 Å². The molecule has 3 nitrogen and oxygen atoms in total. The van der Waals surface area contributed by atoms with Gasteiger partial charge in [-0.25, -0.2) is 0 Å². The van der Waals surface area contributed by atoms with Gasteiger partial charge in [-0.2, -0.15) is 0 Å². The van der Waals surface area contributed by atoms with Crippen LogP contribution in [0.3, 0.4) is 0 Å². The van der Waals surface area contributed by atoms with Crippen molar-refractivity contribution < 1.29 is 4.79 Å². The molecular formula is C18H14N2O. The van der Waals surface area contributed by atoms with Gasteiger partial charge >= 0.3 is 0 Å². The molecule has 0 saturated heterocycles. The number of aromatic nitrogens is 1. The first-order valence-corrected chi connectivity index (χ1v) is 6.66. The Morgan fingerprint density at radius 2 is 1.48 bits per heavy atom. The topological polar surface area (TPSA) is 56.0 Å². The van der Waals surface area contributed by atoms with Gasteiger partial charge in [-0.05, 0) is 23.3 Å². The van der Waals surface area contributed by atoms with Gasteiger partial charge in [-0.1, -0.05) is 54.6 Å². The average molecular weight is 274 g/mol. The SMILES string of the molecule is Nc1cccnc1C(=O)c1ccc(-c2ccccc2)cc1. The molecule has 1 heterocycles. The first kappa shape index (κ1) is 13.1. The van der Waals surface area contributed by atoms with Crippen LogP contribution in [-0.2, 0) is 0 Å². The molecule has 2 N–H and O–H groups in total. The normalized spacial score (nSPS) is 10.3. The number of nitrogens with zero attached hydrogens (tertiary/aromatic N) is 1. The summed E-state index contributed by atoms with van der Waals surface area (Å²) in [5.41, 5.74) is 9.26. The highest BCUT2D eigenvalue weighted by Gasteiger charge is 2.13. The predicted molar refractivity (Wildman–Crippen MR) is 84.0 cm³/mol. The monoisotopic (exact) mass is 274 g/mol. The van der Waals surface area contributed by atoms with Gasteiger partial charge in [0.1, 0.15) is 5.69 Å². The van der Waals surface area contributed by atoms with Gasteiger partial charge in [0.2, 0.25) is 5.78 Å². The van der Waals surface area contributed by atoms with Crippen LogP contribution in [0.1, 0.15) is 16.1 Å². The smallest absolute Gasteiger partial charge is 0.213 e. The summed E-state index contributed by atoms with van der Waals surface area (Å²) in [4.78, 5) is 16.4. The van der Waals surface area contributed by atoms with Crippen LogP contribution in [0.15, 0.2) is 72.9 Å². The molecule has 0 aliphatic rings. The number of carbonyl (C=O) groups excluding carboxylic acids is 1. The van der Waals surface area contributed by atoms with E-state index >= 15 is 0 Å². The lowest BCUT2D eigenvalue weighted by molar-refractivity contribution is 0.103. The molecular weight excluding hydrogens is 260 g/mol. The number of benzene rings is 2. The van der Waals surface area contributed by atoms with E-state index in [1.807, 2.05) is 42.5 Å². The summed E-state index contributed by atoms with van der Waals surface area (Å²) >= 11 is 0. The molecule has 0 bridgehead atoms. The second-order valence-corrected chi connectivity index (χ2v) is 4.71. The van der Waals surface area contributed by atoms with E-state index in [2.05, 4.69) is 4.98 Å². The molecule has 102 valence electrons. The van der Waals surface area contributed by atoms with Crippen molar-refractivity contribution >= 4 is 11.5 Å². The fourth-order valence-corrected chi connectivity index (χ4v) is 2.19. The summed E-state index contributed by atoms with van der Waals surface area (Å²) in [7, 11) is 0. The van der Waals surface area contributed by atoms with Crippen molar-refractivity contribution in [1.82, 2.24) is 4.98 Å². The van der Waals surface area contributed by atoms with E-state index in [9.17, 15) is 4.79 Å². The Labute approximate surface area is 123 Å². The van der Waals surface area contributed by atoms with Crippen LogP contribution in [0, 0.1) is 0 Å². The van der Waals surface area contributed by atoms with Gasteiger partial charge in [-0.15, -0.1) is 0 Å². The molecule has 21 heavy (non-hydrogen) atoms. The zero-order chi connectivity index (χ0) is 14.7. The Hall–Kier alpha value is -2.94. The molecule has 0 aliphatic carbocycles. The summed E-state index contributed by atoms with van der Waals surface area (Å²) in [6, 6.07) is 20.9. The fraction of sp³-hybridized carbons (Fsp3) is 0. The van der Waals surface area contributed by atoms with Crippen molar-refractivity contribution in [3.8, 4) is 11.1 Å². The number of carbonyl (C=O) groups is 1. The van der Waals surface area contributed by atoms with Gasteiger partial charge in [0.05, 0.1) is 5.69 Å². The third-order valence-corrected chi connectivity index (χ3v) is 3.31.